The topological polar surface area (TPSA) is 0 Å². The van der Waals surface area contributed by atoms with E-state index in [0.29, 0.717) is 0 Å². The first-order valence-corrected chi connectivity index (χ1v) is 3.95. The predicted octanol–water partition coefficient (Wildman–Crippen LogP) is 0.878. The average Bonchev–Trinajstić information content (AvgIpc) is 1.00. The molecule has 0 N–H and O–H groups in total. The third-order valence-electron chi connectivity index (χ3n) is 0. The van der Waals surface area contributed by atoms with Crippen molar-refractivity contribution in [3.8, 4) is 0 Å². The molecule has 4 heteroatoms. The normalized spacial score (nSPS) is 1.50. The first-order chi connectivity index (χ1) is 1.00. The van der Waals surface area contributed by atoms with Gasteiger partial charge in [0.1, 0.15) is 0 Å². The van der Waals surface area contributed by atoms with Gasteiger partial charge in [0, 0.05) is 36.5 Å². The molecule has 0 aromatic heterocycles. The van der Waals surface area contributed by atoms with Gasteiger partial charge in [-0.3, -0.25) is 0 Å². The second-order valence-corrected chi connectivity index (χ2v) is 0. The van der Waals surface area contributed by atoms with Crippen LogP contribution in [0.4, 0.5) is 0 Å². The Kier molecular flexibility index (Phi) is 73.4. The summed E-state index contributed by atoms with van der Waals surface area (Å²) in [6.45, 7) is 0. The minimum absolute atomic E-state index is 0. The Morgan fingerprint density at radius 1 is 1.25 bits per heavy atom. The molecule has 0 rings (SSSR count). The van der Waals surface area contributed by atoms with Crippen molar-refractivity contribution in [2.75, 3.05) is 0 Å². The maximum absolute atomic E-state index is 2.91. The molecule has 0 aromatic carbocycles. The first kappa shape index (κ1) is 16.2. The number of hydrogen-bond acceptors (Lipinski definition) is 0. The van der Waals surface area contributed by atoms with Crippen LogP contribution >= 0.6 is 20.3 Å². The Hall–Kier alpha value is 2.39. The van der Waals surface area contributed by atoms with Crippen molar-refractivity contribution in [3.63, 3.8) is 0 Å². The van der Waals surface area contributed by atoms with E-state index < -0.39 is 0 Å². The summed E-state index contributed by atoms with van der Waals surface area (Å²) in [5.74, 6) is 0. The molecule has 0 aliphatic carbocycles. The summed E-state index contributed by atoms with van der Waals surface area (Å²) in [5, 5.41) is 0. The monoisotopic (exact) mass is 302 g/mol. The van der Waals surface area contributed by atoms with Crippen molar-refractivity contribution in [3.05, 3.63) is 0 Å². The molecule has 24 valence electrons. The van der Waals surface area contributed by atoms with Crippen molar-refractivity contribution in [1.82, 2.24) is 0 Å². The van der Waals surface area contributed by atoms with Crippen molar-refractivity contribution in [2.45, 2.75) is 0 Å². The van der Waals surface area contributed by atoms with Crippen LogP contribution in [-0.4, -0.2) is 0 Å². The molecule has 0 heterocycles. The standard InChI is InChI=1S/Fe.HI.Mn.Zn/h;1H;;/q;;+1;/p-1. The van der Waals surface area contributed by atoms with Gasteiger partial charge in [0.25, 0.3) is 0 Å². The van der Waals surface area contributed by atoms with E-state index in [1.807, 2.05) is 20.3 Å². The van der Waals surface area contributed by atoms with Crippen LogP contribution in [0.2, 0.25) is 0 Å². The number of halogens is 1. The predicted molar refractivity (Wildman–Crippen MR) is 14.0 cm³/mol. The summed E-state index contributed by atoms with van der Waals surface area (Å²) in [6.07, 6.45) is 0. The van der Waals surface area contributed by atoms with E-state index in [2.05, 4.69) is 12.8 Å². The molecule has 0 saturated carbocycles. The summed E-state index contributed by atoms with van der Waals surface area (Å²) in [6, 6.07) is 0. The second kappa shape index (κ2) is 18.2. The van der Waals surface area contributed by atoms with Gasteiger partial charge >= 0.3 is 33.1 Å². The molecule has 0 nitrogen and oxygen atoms in total. The van der Waals surface area contributed by atoms with E-state index in [9.17, 15) is 0 Å². The van der Waals surface area contributed by atoms with Gasteiger partial charge in [0.05, 0.1) is 0 Å². The zero-order chi connectivity index (χ0) is 2.00. The van der Waals surface area contributed by atoms with Crippen molar-refractivity contribution < 1.29 is 49.3 Å². The van der Waals surface area contributed by atoms with E-state index in [-0.39, 0.29) is 36.5 Å². The second-order valence-electron chi connectivity index (χ2n) is 0. The molecule has 0 aliphatic heterocycles. The van der Waals surface area contributed by atoms with Crippen LogP contribution in [0, 0.1) is 0 Å². The fourth-order valence-corrected chi connectivity index (χ4v) is 0. The van der Waals surface area contributed by atoms with Crippen LogP contribution in [-0.2, 0) is 49.3 Å². The van der Waals surface area contributed by atoms with Gasteiger partial charge in [-0.05, 0) is 0 Å². The first-order valence-electron chi connectivity index (χ1n) is 0.143. The minimum atomic E-state index is 0. The molecule has 0 saturated heterocycles. The van der Waals surface area contributed by atoms with Crippen molar-refractivity contribution in [1.29, 1.82) is 0 Å². The third kappa shape index (κ3) is 8.83. The third-order valence-corrected chi connectivity index (χ3v) is 0. The molecule has 0 bridgehead atoms. The maximum atomic E-state index is 2.91. The number of rotatable bonds is 0. The van der Waals surface area contributed by atoms with Gasteiger partial charge < -0.3 is 0 Å². The van der Waals surface area contributed by atoms with Crippen LogP contribution in [0.3, 0.4) is 0 Å². The largest absolute Gasteiger partial charge is 0 e. The van der Waals surface area contributed by atoms with Crippen LogP contribution in [0.25, 0.3) is 0 Å². The van der Waals surface area contributed by atoms with Crippen LogP contribution in [0.15, 0.2) is 0 Å². The molecule has 0 atom stereocenters. The average molecular weight is 303 g/mol. The Morgan fingerprint density at radius 2 is 1.25 bits per heavy atom. The summed E-state index contributed by atoms with van der Waals surface area (Å²) in [7, 11) is 0. The molecular weight excluding hydrogens is 303 g/mol. The fourth-order valence-electron chi connectivity index (χ4n) is 0. The van der Waals surface area contributed by atoms with Crippen LogP contribution in [0.5, 0.6) is 0 Å². The molecular formula is FeIMnZn. The van der Waals surface area contributed by atoms with E-state index >= 15 is 0 Å². The van der Waals surface area contributed by atoms with Gasteiger partial charge in [0.15, 0.2) is 0 Å². The summed E-state index contributed by atoms with van der Waals surface area (Å²) in [4.78, 5) is 0. The number of hydrogen-bond donors (Lipinski definition) is 0. The Labute approximate surface area is 68.6 Å². The van der Waals surface area contributed by atoms with Gasteiger partial charge in [-0.15, -0.1) is 0 Å². The van der Waals surface area contributed by atoms with E-state index in [4.69, 9.17) is 0 Å². The summed E-state index contributed by atoms with van der Waals surface area (Å²) >= 11 is 4.87. The van der Waals surface area contributed by atoms with Gasteiger partial charge in [-0.1, -0.05) is 0 Å². The molecule has 0 spiro atoms. The molecule has 0 fully saturated rings. The summed E-state index contributed by atoms with van der Waals surface area (Å²) in [5.41, 5.74) is 0. The molecule has 0 aliphatic rings. The van der Waals surface area contributed by atoms with Gasteiger partial charge in [0.2, 0.25) is 0 Å². The molecule has 0 unspecified atom stereocenters. The Morgan fingerprint density at radius 3 is 1.25 bits per heavy atom. The maximum Gasteiger partial charge on any atom is 0 e. The quantitative estimate of drug-likeness (QED) is 0.460. The van der Waals surface area contributed by atoms with Crippen molar-refractivity contribution in [2.24, 2.45) is 0 Å². The van der Waals surface area contributed by atoms with Gasteiger partial charge in [-0.2, -0.15) is 0 Å². The Bertz CT molecular complexity index is 8.00. The van der Waals surface area contributed by atoms with E-state index in [0.717, 1.165) is 0 Å². The Balaban J connectivity index is -0.00000000500. The zero-order valence-electron chi connectivity index (χ0n) is 1.82. The van der Waals surface area contributed by atoms with Gasteiger partial charge in [-0.25, -0.2) is 0 Å². The molecule has 0 aromatic rings. The van der Waals surface area contributed by atoms with E-state index in [1.54, 1.807) is 0 Å². The zero-order valence-corrected chi connectivity index (χ0v) is 9.23. The van der Waals surface area contributed by atoms with Crippen molar-refractivity contribution >= 4 is 20.3 Å². The van der Waals surface area contributed by atoms with E-state index in [1.165, 1.54) is 0 Å². The smallest absolute Gasteiger partial charge is 0 e. The minimum Gasteiger partial charge on any atom is 0 e. The van der Waals surface area contributed by atoms with Crippen LogP contribution < -0.4 is 0 Å². The SMILES string of the molecule is [Fe].[Mn][I].[Zn]. The molecule has 0 radical (unpaired) electrons. The molecule has 4 heavy (non-hydrogen) atoms. The molecule has 0 amide bonds. The summed E-state index contributed by atoms with van der Waals surface area (Å²) < 4.78 is 0. The fraction of sp³-hybridized carbons (Fsp3) is 0. The van der Waals surface area contributed by atoms with Crippen LogP contribution in [0.1, 0.15) is 0 Å².